The highest BCUT2D eigenvalue weighted by Gasteiger charge is 2.40. The summed E-state index contributed by atoms with van der Waals surface area (Å²) in [5, 5.41) is 3.83. The van der Waals surface area contributed by atoms with Crippen molar-refractivity contribution in [2.75, 3.05) is 26.1 Å². The average Bonchev–Trinajstić information content (AvgIpc) is 3.05. The van der Waals surface area contributed by atoms with Crippen molar-refractivity contribution in [1.82, 2.24) is 24.6 Å². The maximum absolute atomic E-state index is 13.3. The molecule has 29 heavy (non-hydrogen) atoms. The van der Waals surface area contributed by atoms with Crippen molar-refractivity contribution in [3.63, 3.8) is 0 Å². The van der Waals surface area contributed by atoms with E-state index in [1.807, 2.05) is 4.72 Å². The number of anilines is 1. The number of sulfonamides is 1. The topological polar surface area (TPSA) is 130 Å². The van der Waals surface area contributed by atoms with Crippen LogP contribution in [-0.4, -0.2) is 54.3 Å². The zero-order valence-electron chi connectivity index (χ0n) is 15.1. The van der Waals surface area contributed by atoms with Crippen LogP contribution in [0.15, 0.2) is 23.4 Å². The Labute approximate surface area is 161 Å². The Morgan fingerprint density at radius 3 is 2.34 bits per heavy atom. The molecule has 15 heteroatoms. The first kappa shape index (κ1) is 20.4. The molecule has 0 aliphatic carbocycles. The third-order valence-corrected chi connectivity index (χ3v) is 4.93. The minimum absolute atomic E-state index is 0.0510. The number of rotatable bonds is 6. The Balaban J connectivity index is 2.09. The van der Waals surface area contributed by atoms with E-state index in [2.05, 4.69) is 20.1 Å². The first-order chi connectivity index (χ1) is 13.6. The van der Waals surface area contributed by atoms with Gasteiger partial charge in [0.1, 0.15) is 0 Å². The molecule has 156 valence electrons. The Bertz CT molecular complexity index is 1120. The molecule has 3 heterocycles. The number of hydrogen-bond acceptors (Lipinski definition) is 9. The van der Waals surface area contributed by atoms with Crippen LogP contribution in [0.4, 0.5) is 19.1 Å². The molecule has 0 bridgehead atoms. The minimum Gasteiger partial charge on any atom is -0.490 e. The van der Waals surface area contributed by atoms with Gasteiger partial charge in [0.05, 0.1) is 33.1 Å². The maximum Gasteiger partial charge on any atom is 0.418 e. The van der Waals surface area contributed by atoms with E-state index in [1.165, 1.54) is 20.4 Å². The lowest BCUT2D eigenvalue weighted by Crippen LogP contribution is -2.21. The van der Waals surface area contributed by atoms with Crippen LogP contribution < -0.4 is 18.9 Å². The average molecular weight is 434 g/mol. The molecule has 0 aromatic carbocycles. The Morgan fingerprint density at radius 1 is 1.07 bits per heavy atom. The van der Waals surface area contributed by atoms with E-state index in [-0.39, 0.29) is 17.4 Å². The second-order valence-electron chi connectivity index (χ2n) is 5.30. The van der Waals surface area contributed by atoms with E-state index < -0.39 is 38.5 Å². The normalized spacial score (nSPS) is 12.1. The first-order valence-electron chi connectivity index (χ1n) is 7.59. The molecule has 0 fully saturated rings. The highest BCUT2D eigenvalue weighted by molar-refractivity contribution is 7.92. The van der Waals surface area contributed by atoms with E-state index in [0.717, 1.165) is 17.8 Å². The van der Waals surface area contributed by atoms with Crippen molar-refractivity contribution in [3.05, 3.63) is 24.0 Å². The van der Waals surface area contributed by atoms with Gasteiger partial charge < -0.3 is 14.2 Å². The fraction of sp³-hybridized carbons (Fsp3) is 0.286. The van der Waals surface area contributed by atoms with Crippen LogP contribution in [0.2, 0.25) is 0 Å². The second kappa shape index (κ2) is 7.23. The fourth-order valence-corrected chi connectivity index (χ4v) is 3.62. The van der Waals surface area contributed by atoms with Gasteiger partial charge in [-0.05, 0) is 6.07 Å². The van der Waals surface area contributed by atoms with Gasteiger partial charge in [0.2, 0.25) is 5.88 Å². The van der Waals surface area contributed by atoms with Gasteiger partial charge in [-0.2, -0.15) is 27.7 Å². The summed E-state index contributed by atoms with van der Waals surface area (Å²) in [6.07, 6.45) is -2.89. The Morgan fingerprint density at radius 2 is 1.76 bits per heavy atom. The molecule has 0 aliphatic heterocycles. The van der Waals surface area contributed by atoms with Gasteiger partial charge in [0.15, 0.2) is 10.6 Å². The van der Waals surface area contributed by atoms with Crippen LogP contribution in [0.5, 0.6) is 17.5 Å². The summed E-state index contributed by atoms with van der Waals surface area (Å²) < 4.78 is 83.0. The van der Waals surface area contributed by atoms with Crippen molar-refractivity contribution in [2.45, 2.75) is 11.1 Å². The summed E-state index contributed by atoms with van der Waals surface area (Å²) in [7, 11) is -1.17. The maximum atomic E-state index is 13.3. The van der Waals surface area contributed by atoms with Crippen molar-refractivity contribution < 1.29 is 35.8 Å². The molecule has 0 spiro atoms. The molecule has 0 unspecified atom stereocenters. The highest BCUT2D eigenvalue weighted by atomic mass is 32.2. The van der Waals surface area contributed by atoms with Crippen molar-refractivity contribution in [2.24, 2.45) is 0 Å². The summed E-state index contributed by atoms with van der Waals surface area (Å²) in [6.45, 7) is 0. The Kier molecular flexibility index (Phi) is 5.08. The molecule has 1 N–H and O–H groups in total. The molecule has 0 aliphatic rings. The number of hydrogen-bond donors (Lipinski definition) is 1. The summed E-state index contributed by atoms with van der Waals surface area (Å²) in [5.41, 5.74) is -1.46. The number of methoxy groups -OCH3 is 3. The standard InChI is InChI=1S/C14H13F3N6O5S/c1-26-8-6-23-13(19-10(8)27-2)20-12(21-23)22-29(24,25)9-7(14(15,16)17)4-5-18-11(9)28-3/h4-6H,1-3H3,(H,21,22). The molecule has 3 aromatic heterocycles. The van der Waals surface area contributed by atoms with Gasteiger partial charge in [-0.15, -0.1) is 5.10 Å². The predicted octanol–water partition coefficient (Wildman–Crippen LogP) is 1.36. The largest absolute Gasteiger partial charge is 0.490 e. The molecule has 0 radical (unpaired) electrons. The van der Waals surface area contributed by atoms with Gasteiger partial charge in [-0.3, -0.25) is 0 Å². The molecule has 0 amide bonds. The van der Waals surface area contributed by atoms with Crippen LogP contribution in [0.3, 0.4) is 0 Å². The quantitative estimate of drug-likeness (QED) is 0.611. The van der Waals surface area contributed by atoms with Gasteiger partial charge in [-0.25, -0.2) is 18.1 Å². The minimum atomic E-state index is -4.98. The predicted molar refractivity (Wildman–Crippen MR) is 90.5 cm³/mol. The zero-order chi connectivity index (χ0) is 21.4. The van der Waals surface area contributed by atoms with E-state index in [1.54, 1.807) is 0 Å². The van der Waals surface area contributed by atoms with Crippen molar-refractivity contribution >= 4 is 21.7 Å². The summed E-state index contributed by atoms with van der Waals surface area (Å²) >= 11 is 0. The molecule has 0 saturated carbocycles. The van der Waals surface area contributed by atoms with Crippen LogP contribution in [-0.2, 0) is 16.2 Å². The van der Waals surface area contributed by atoms with Gasteiger partial charge in [0, 0.05) is 6.20 Å². The fourth-order valence-electron chi connectivity index (χ4n) is 2.35. The molecule has 3 aromatic rings. The molecule has 3 rings (SSSR count). The van der Waals surface area contributed by atoms with Gasteiger partial charge >= 0.3 is 6.18 Å². The summed E-state index contributed by atoms with van der Waals surface area (Å²) in [6, 6.07) is 0.519. The molecular formula is C14H13F3N6O5S. The van der Waals surface area contributed by atoms with Crippen LogP contribution >= 0.6 is 0 Å². The third kappa shape index (κ3) is 3.80. The SMILES string of the molecule is COc1cn2nc(NS(=O)(=O)c3c(C(F)(F)F)ccnc3OC)nc2nc1OC. The number of alkyl halides is 3. The van der Waals surface area contributed by atoms with E-state index in [0.29, 0.717) is 6.07 Å². The first-order valence-corrected chi connectivity index (χ1v) is 9.07. The number of halogens is 3. The lowest BCUT2D eigenvalue weighted by Gasteiger charge is -2.15. The lowest BCUT2D eigenvalue weighted by atomic mass is 10.2. The van der Waals surface area contributed by atoms with E-state index in [4.69, 9.17) is 14.2 Å². The second-order valence-corrected chi connectivity index (χ2v) is 6.92. The van der Waals surface area contributed by atoms with Gasteiger partial charge in [-0.1, -0.05) is 0 Å². The molecule has 0 saturated heterocycles. The number of ether oxygens (including phenoxy) is 3. The number of nitrogens with zero attached hydrogens (tertiary/aromatic N) is 5. The van der Waals surface area contributed by atoms with Gasteiger partial charge in [0.25, 0.3) is 27.6 Å². The molecule has 11 nitrogen and oxygen atoms in total. The number of pyridine rings is 1. The Hall–Kier alpha value is -3.36. The highest BCUT2D eigenvalue weighted by Crippen LogP contribution is 2.38. The number of aromatic nitrogens is 5. The van der Waals surface area contributed by atoms with E-state index in [9.17, 15) is 21.6 Å². The number of fused-ring (bicyclic) bond motifs is 1. The zero-order valence-corrected chi connectivity index (χ0v) is 15.9. The van der Waals surface area contributed by atoms with Crippen LogP contribution in [0.25, 0.3) is 5.78 Å². The molecular weight excluding hydrogens is 421 g/mol. The van der Waals surface area contributed by atoms with Crippen molar-refractivity contribution in [1.29, 1.82) is 0 Å². The summed E-state index contributed by atoms with van der Waals surface area (Å²) in [5.74, 6) is -1.14. The third-order valence-electron chi connectivity index (χ3n) is 3.54. The lowest BCUT2D eigenvalue weighted by molar-refractivity contribution is -0.140. The van der Waals surface area contributed by atoms with Crippen LogP contribution in [0.1, 0.15) is 5.56 Å². The number of nitrogens with one attached hydrogen (secondary N) is 1. The van der Waals surface area contributed by atoms with E-state index >= 15 is 0 Å². The van der Waals surface area contributed by atoms with Crippen LogP contribution in [0, 0.1) is 0 Å². The summed E-state index contributed by atoms with van der Waals surface area (Å²) in [4.78, 5) is 10.1. The molecule has 0 atom stereocenters. The smallest absolute Gasteiger partial charge is 0.418 e. The monoisotopic (exact) mass is 434 g/mol. The van der Waals surface area contributed by atoms with Crippen molar-refractivity contribution in [3.8, 4) is 17.5 Å².